The normalized spacial score (nSPS) is 11.6. The summed E-state index contributed by atoms with van der Waals surface area (Å²) in [6.07, 6.45) is 2.20. The van der Waals surface area contributed by atoms with Crippen molar-refractivity contribution in [3.63, 3.8) is 0 Å². The summed E-state index contributed by atoms with van der Waals surface area (Å²) in [6, 6.07) is 19.3. The van der Waals surface area contributed by atoms with Crippen LogP contribution in [0.4, 0.5) is 4.39 Å². The molecule has 0 aliphatic carbocycles. The second-order valence-corrected chi connectivity index (χ2v) is 8.38. The number of nitrogens with one attached hydrogen (secondary N) is 1. The Morgan fingerprint density at radius 1 is 0.906 bits per heavy atom. The van der Waals surface area contributed by atoms with Gasteiger partial charge in [0.05, 0.1) is 22.2 Å². The number of aromatic nitrogens is 3. The lowest BCUT2D eigenvalue weighted by molar-refractivity contribution is 0.627. The predicted molar refractivity (Wildman–Crippen MR) is 124 cm³/mol. The Morgan fingerprint density at radius 2 is 1.69 bits per heavy atom. The molecule has 160 valence electrons. The molecule has 0 radical (unpaired) electrons. The summed E-state index contributed by atoms with van der Waals surface area (Å²) in [7, 11) is 0. The fourth-order valence-corrected chi connectivity index (χ4v) is 4.10. The van der Waals surface area contributed by atoms with Gasteiger partial charge in [-0.15, -0.1) is 0 Å². The van der Waals surface area contributed by atoms with Crippen LogP contribution in [0.15, 0.2) is 82.5 Å². The Kier molecular flexibility index (Phi) is 4.78. The maximum absolute atomic E-state index is 13.2. The SMILES string of the molecule is CC(C)c1ccc2c(c1)[nH]c(=O)n2-c1ccn2c(=O)cc(Cc3ccc(F)cc3)cc2c1. The van der Waals surface area contributed by atoms with E-state index in [1.54, 1.807) is 39.4 Å². The van der Waals surface area contributed by atoms with E-state index in [-0.39, 0.29) is 17.1 Å². The molecule has 0 bridgehead atoms. The number of rotatable bonds is 4. The van der Waals surface area contributed by atoms with E-state index in [1.165, 1.54) is 12.1 Å². The van der Waals surface area contributed by atoms with Crippen LogP contribution in [0.2, 0.25) is 0 Å². The summed E-state index contributed by atoms with van der Waals surface area (Å²) in [5.41, 5.74) is 5.45. The second kappa shape index (κ2) is 7.64. The number of pyridine rings is 2. The highest BCUT2D eigenvalue weighted by Crippen LogP contribution is 2.22. The average Bonchev–Trinajstić information content (AvgIpc) is 3.09. The molecule has 0 spiro atoms. The van der Waals surface area contributed by atoms with Gasteiger partial charge in [0.2, 0.25) is 0 Å². The second-order valence-electron chi connectivity index (χ2n) is 8.38. The smallest absolute Gasteiger partial charge is 0.305 e. The molecule has 3 aromatic heterocycles. The third-order valence-electron chi connectivity index (χ3n) is 5.80. The first-order valence-corrected chi connectivity index (χ1v) is 10.5. The van der Waals surface area contributed by atoms with E-state index in [0.717, 1.165) is 27.7 Å². The Bertz CT molecular complexity index is 1570. The van der Waals surface area contributed by atoms with Crippen LogP contribution in [0.5, 0.6) is 0 Å². The van der Waals surface area contributed by atoms with Crippen LogP contribution < -0.4 is 11.2 Å². The molecular formula is C26H22FN3O2. The lowest BCUT2D eigenvalue weighted by Gasteiger charge is -2.09. The minimum Gasteiger partial charge on any atom is -0.305 e. The predicted octanol–water partition coefficient (Wildman–Crippen LogP) is 4.79. The highest BCUT2D eigenvalue weighted by Gasteiger charge is 2.12. The lowest BCUT2D eigenvalue weighted by Crippen LogP contribution is -2.17. The molecule has 32 heavy (non-hydrogen) atoms. The van der Waals surface area contributed by atoms with Gasteiger partial charge in [0.25, 0.3) is 5.56 Å². The third kappa shape index (κ3) is 3.54. The quantitative estimate of drug-likeness (QED) is 0.449. The molecule has 6 heteroatoms. The van der Waals surface area contributed by atoms with Crippen LogP contribution in [0.3, 0.4) is 0 Å². The molecule has 5 rings (SSSR count). The molecule has 0 fully saturated rings. The zero-order valence-electron chi connectivity index (χ0n) is 17.8. The molecule has 5 aromatic rings. The van der Waals surface area contributed by atoms with Crippen LogP contribution in [-0.4, -0.2) is 14.0 Å². The Morgan fingerprint density at radius 3 is 2.44 bits per heavy atom. The van der Waals surface area contributed by atoms with Crippen molar-refractivity contribution in [2.75, 3.05) is 0 Å². The van der Waals surface area contributed by atoms with E-state index < -0.39 is 0 Å². The van der Waals surface area contributed by atoms with E-state index in [1.807, 2.05) is 30.3 Å². The number of nitrogens with zero attached hydrogens (tertiary/aromatic N) is 2. The first-order valence-electron chi connectivity index (χ1n) is 10.5. The molecule has 0 aliphatic rings. The van der Waals surface area contributed by atoms with E-state index >= 15 is 0 Å². The number of H-pyrrole nitrogens is 1. The van der Waals surface area contributed by atoms with Gasteiger partial charge in [-0.1, -0.05) is 32.0 Å². The molecule has 2 aromatic carbocycles. The molecule has 1 N–H and O–H groups in total. The summed E-state index contributed by atoms with van der Waals surface area (Å²) in [5, 5.41) is 0. The van der Waals surface area contributed by atoms with E-state index in [0.29, 0.717) is 23.5 Å². The average molecular weight is 427 g/mol. The standard InChI is InChI=1S/C26H22FN3O2/c1-16(2)19-5-8-24-23(14-19)28-26(32)30(24)21-9-10-29-22(15-21)12-18(13-25(29)31)11-17-3-6-20(27)7-4-17/h3-10,12-16H,11H2,1-2H3,(H,28,32). The monoisotopic (exact) mass is 427 g/mol. The lowest BCUT2D eigenvalue weighted by atomic mass is 10.0. The van der Waals surface area contributed by atoms with Crippen molar-refractivity contribution >= 4 is 16.6 Å². The number of hydrogen-bond donors (Lipinski definition) is 1. The first kappa shape index (κ1) is 20.0. The van der Waals surface area contributed by atoms with Crippen LogP contribution in [-0.2, 0) is 6.42 Å². The van der Waals surface area contributed by atoms with Crippen molar-refractivity contribution in [2.45, 2.75) is 26.2 Å². The maximum atomic E-state index is 13.2. The van der Waals surface area contributed by atoms with Gasteiger partial charge in [-0.05, 0) is 71.5 Å². The van der Waals surface area contributed by atoms with Crippen molar-refractivity contribution in [1.29, 1.82) is 0 Å². The van der Waals surface area contributed by atoms with Crippen molar-refractivity contribution in [1.82, 2.24) is 14.0 Å². The van der Waals surface area contributed by atoms with Crippen molar-refractivity contribution in [3.05, 3.63) is 116 Å². The minimum atomic E-state index is -0.290. The summed E-state index contributed by atoms with van der Waals surface area (Å²) in [5.74, 6) is 0.0694. The molecule has 5 nitrogen and oxygen atoms in total. The molecule has 0 saturated heterocycles. The molecular weight excluding hydrogens is 405 g/mol. The first-order chi connectivity index (χ1) is 15.4. The molecule has 3 heterocycles. The zero-order valence-corrected chi connectivity index (χ0v) is 17.8. The fourth-order valence-electron chi connectivity index (χ4n) is 4.10. The Labute approximate surface area is 183 Å². The van der Waals surface area contributed by atoms with Crippen LogP contribution >= 0.6 is 0 Å². The topological polar surface area (TPSA) is 59.3 Å². The Hall–Kier alpha value is -3.93. The van der Waals surface area contributed by atoms with Crippen molar-refractivity contribution in [2.24, 2.45) is 0 Å². The molecule has 0 aliphatic heterocycles. The maximum Gasteiger partial charge on any atom is 0.331 e. The molecule has 0 saturated carbocycles. The number of fused-ring (bicyclic) bond motifs is 2. The van der Waals surface area contributed by atoms with Crippen LogP contribution in [0.25, 0.3) is 22.2 Å². The highest BCUT2D eigenvalue weighted by atomic mass is 19.1. The van der Waals surface area contributed by atoms with Gasteiger partial charge in [-0.2, -0.15) is 0 Å². The number of imidazole rings is 1. The van der Waals surface area contributed by atoms with Gasteiger partial charge in [0.1, 0.15) is 5.82 Å². The van der Waals surface area contributed by atoms with E-state index in [2.05, 4.69) is 18.8 Å². The number of aromatic amines is 1. The van der Waals surface area contributed by atoms with Crippen LogP contribution in [0, 0.1) is 5.82 Å². The third-order valence-corrected chi connectivity index (χ3v) is 5.80. The number of halogens is 1. The fraction of sp³-hybridized carbons (Fsp3) is 0.154. The minimum absolute atomic E-state index is 0.154. The number of benzene rings is 2. The van der Waals surface area contributed by atoms with Gasteiger partial charge >= 0.3 is 5.69 Å². The van der Waals surface area contributed by atoms with Crippen LogP contribution in [0.1, 0.15) is 36.5 Å². The molecule has 0 unspecified atom stereocenters. The summed E-state index contributed by atoms with van der Waals surface area (Å²) >= 11 is 0. The molecule has 0 amide bonds. The van der Waals surface area contributed by atoms with Gasteiger partial charge in [-0.3, -0.25) is 13.8 Å². The summed E-state index contributed by atoms with van der Waals surface area (Å²) in [4.78, 5) is 28.4. The summed E-state index contributed by atoms with van der Waals surface area (Å²) < 4.78 is 16.4. The molecule has 0 atom stereocenters. The summed E-state index contributed by atoms with van der Waals surface area (Å²) in [6.45, 7) is 4.22. The van der Waals surface area contributed by atoms with Crippen molar-refractivity contribution in [3.8, 4) is 5.69 Å². The Balaban J connectivity index is 1.61. The van der Waals surface area contributed by atoms with Gasteiger partial charge in [-0.25, -0.2) is 9.18 Å². The van der Waals surface area contributed by atoms with E-state index in [9.17, 15) is 14.0 Å². The number of hydrogen-bond acceptors (Lipinski definition) is 2. The van der Waals surface area contributed by atoms with E-state index in [4.69, 9.17) is 0 Å². The van der Waals surface area contributed by atoms with Gasteiger partial charge in [0.15, 0.2) is 0 Å². The van der Waals surface area contributed by atoms with Gasteiger partial charge in [0, 0.05) is 12.3 Å². The van der Waals surface area contributed by atoms with Gasteiger partial charge < -0.3 is 4.98 Å². The highest BCUT2D eigenvalue weighted by molar-refractivity contribution is 5.78. The largest absolute Gasteiger partial charge is 0.331 e. The van der Waals surface area contributed by atoms with Crippen molar-refractivity contribution < 1.29 is 4.39 Å². The zero-order chi connectivity index (χ0) is 22.4.